The maximum absolute atomic E-state index is 12.5. The van der Waals surface area contributed by atoms with Crippen LogP contribution in [0, 0.1) is 12.7 Å². The molecule has 1 aromatic rings. The first kappa shape index (κ1) is 8.90. The van der Waals surface area contributed by atoms with Crippen molar-refractivity contribution in [2.24, 2.45) is 0 Å². The molecule has 1 rings (SSSR count). The minimum absolute atomic E-state index is 0.213. The topological polar surface area (TPSA) is 9.23 Å². The molecule has 0 atom stereocenters. The van der Waals surface area contributed by atoms with Gasteiger partial charge in [-0.25, -0.2) is 4.39 Å². The van der Waals surface area contributed by atoms with Gasteiger partial charge in [0.05, 0.1) is 0 Å². The first-order valence-electron chi connectivity index (χ1n) is 3.15. The fourth-order valence-corrected chi connectivity index (χ4v) is 0.792. The van der Waals surface area contributed by atoms with Crippen LogP contribution in [0.5, 0.6) is 5.75 Å². The van der Waals surface area contributed by atoms with E-state index < -0.39 is 12.4 Å². The molecule has 0 saturated carbocycles. The SMILES string of the molecule is [CH2]c1cc(F)cc(OC(F)F)c1. The average Bonchev–Trinajstić information content (AvgIpc) is 1.81. The number of ether oxygens (including phenoxy) is 1. The van der Waals surface area contributed by atoms with Gasteiger partial charge in [0.2, 0.25) is 0 Å². The summed E-state index contributed by atoms with van der Waals surface area (Å²) in [5, 5.41) is 0. The fourth-order valence-electron chi connectivity index (χ4n) is 0.792. The molecule has 1 radical (unpaired) electrons. The van der Waals surface area contributed by atoms with E-state index in [-0.39, 0.29) is 5.75 Å². The maximum Gasteiger partial charge on any atom is 0.387 e. The Morgan fingerprint density at radius 1 is 1.25 bits per heavy atom. The molecule has 0 aliphatic rings. The van der Waals surface area contributed by atoms with Crippen LogP contribution >= 0.6 is 0 Å². The summed E-state index contributed by atoms with van der Waals surface area (Å²) in [7, 11) is 0. The van der Waals surface area contributed by atoms with E-state index in [1.165, 1.54) is 6.07 Å². The van der Waals surface area contributed by atoms with E-state index in [0.29, 0.717) is 5.56 Å². The van der Waals surface area contributed by atoms with Crippen LogP contribution in [0.4, 0.5) is 13.2 Å². The van der Waals surface area contributed by atoms with E-state index >= 15 is 0 Å². The molecule has 1 nitrogen and oxygen atoms in total. The average molecular weight is 175 g/mol. The summed E-state index contributed by atoms with van der Waals surface area (Å²) >= 11 is 0. The van der Waals surface area contributed by atoms with Crippen LogP contribution in [0.2, 0.25) is 0 Å². The van der Waals surface area contributed by atoms with Crippen molar-refractivity contribution < 1.29 is 17.9 Å². The molecule has 0 amide bonds. The zero-order valence-electron chi connectivity index (χ0n) is 6.06. The second-order valence-electron chi connectivity index (χ2n) is 2.17. The quantitative estimate of drug-likeness (QED) is 0.671. The molecule has 1 aromatic carbocycles. The zero-order valence-corrected chi connectivity index (χ0v) is 6.06. The monoisotopic (exact) mass is 175 g/mol. The highest BCUT2D eigenvalue weighted by Crippen LogP contribution is 2.17. The van der Waals surface area contributed by atoms with Crippen LogP contribution in [-0.2, 0) is 0 Å². The van der Waals surface area contributed by atoms with Crippen LogP contribution in [0.15, 0.2) is 18.2 Å². The Hall–Kier alpha value is -1.19. The smallest absolute Gasteiger partial charge is 0.387 e. The summed E-state index contributed by atoms with van der Waals surface area (Å²) in [6, 6.07) is 3.23. The summed E-state index contributed by atoms with van der Waals surface area (Å²) < 4.78 is 39.7. The molecule has 0 bridgehead atoms. The number of halogens is 3. The molecule has 0 aromatic heterocycles. The van der Waals surface area contributed by atoms with Crippen molar-refractivity contribution in [3.05, 3.63) is 36.5 Å². The van der Waals surface area contributed by atoms with Gasteiger partial charge in [0, 0.05) is 6.07 Å². The molecule has 0 saturated heterocycles. The van der Waals surface area contributed by atoms with Gasteiger partial charge in [-0.2, -0.15) is 8.78 Å². The van der Waals surface area contributed by atoms with Crippen molar-refractivity contribution in [3.8, 4) is 5.75 Å². The molecule has 12 heavy (non-hydrogen) atoms. The molecule has 0 fully saturated rings. The summed E-state index contributed by atoms with van der Waals surface area (Å²) in [6.07, 6.45) is 0. The highest BCUT2D eigenvalue weighted by atomic mass is 19.3. The van der Waals surface area contributed by atoms with Gasteiger partial charge in [-0.15, -0.1) is 0 Å². The summed E-state index contributed by atoms with van der Waals surface area (Å²) in [5.74, 6) is -0.854. The van der Waals surface area contributed by atoms with E-state index in [0.717, 1.165) is 12.1 Å². The molecule has 0 N–H and O–H groups in total. The van der Waals surface area contributed by atoms with Crippen molar-refractivity contribution in [2.45, 2.75) is 6.61 Å². The second-order valence-corrected chi connectivity index (χ2v) is 2.17. The standard InChI is InChI=1S/C8H6F3O/c1-5-2-6(9)4-7(3-5)12-8(10)11/h2-4,8H,1H2. The van der Waals surface area contributed by atoms with Crippen LogP contribution in [0.25, 0.3) is 0 Å². The molecule has 0 unspecified atom stereocenters. The fraction of sp³-hybridized carbons (Fsp3) is 0.125. The van der Waals surface area contributed by atoms with Gasteiger partial charge < -0.3 is 4.74 Å². The van der Waals surface area contributed by atoms with Crippen molar-refractivity contribution in [1.29, 1.82) is 0 Å². The number of hydrogen-bond acceptors (Lipinski definition) is 1. The zero-order chi connectivity index (χ0) is 9.14. The highest BCUT2D eigenvalue weighted by Gasteiger charge is 2.05. The van der Waals surface area contributed by atoms with Crippen molar-refractivity contribution in [1.82, 2.24) is 0 Å². The molecule has 0 aliphatic heterocycles. The Kier molecular flexibility index (Phi) is 2.58. The Labute approximate surface area is 67.8 Å². The summed E-state index contributed by atoms with van der Waals surface area (Å²) in [5.41, 5.74) is 0.297. The van der Waals surface area contributed by atoms with Gasteiger partial charge in [-0.05, 0) is 24.6 Å². The van der Waals surface area contributed by atoms with Gasteiger partial charge in [-0.3, -0.25) is 0 Å². The van der Waals surface area contributed by atoms with E-state index in [1.807, 2.05) is 0 Å². The number of benzene rings is 1. The predicted molar refractivity (Wildman–Crippen MR) is 37.5 cm³/mol. The third-order valence-electron chi connectivity index (χ3n) is 1.16. The first-order chi connectivity index (χ1) is 5.58. The lowest BCUT2D eigenvalue weighted by molar-refractivity contribution is -0.0500. The van der Waals surface area contributed by atoms with Gasteiger partial charge >= 0.3 is 6.61 Å². The van der Waals surface area contributed by atoms with Crippen molar-refractivity contribution >= 4 is 0 Å². The van der Waals surface area contributed by atoms with E-state index in [9.17, 15) is 13.2 Å². The number of alkyl halides is 2. The first-order valence-corrected chi connectivity index (χ1v) is 3.15. The van der Waals surface area contributed by atoms with Crippen molar-refractivity contribution in [2.75, 3.05) is 0 Å². The molecular formula is C8H6F3O. The van der Waals surface area contributed by atoms with Crippen LogP contribution in [0.1, 0.15) is 5.56 Å². The molecule has 4 heteroatoms. The Morgan fingerprint density at radius 2 is 1.92 bits per heavy atom. The molecule has 0 spiro atoms. The molecule has 0 aliphatic carbocycles. The van der Waals surface area contributed by atoms with Gasteiger partial charge in [0.25, 0.3) is 0 Å². The van der Waals surface area contributed by atoms with Gasteiger partial charge in [0.15, 0.2) is 0 Å². The molecule has 65 valence electrons. The number of rotatable bonds is 2. The third-order valence-corrected chi connectivity index (χ3v) is 1.16. The van der Waals surface area contributed by atoms with Crippen molar-refractivity contribution in [3.63, 3.8) is 0 Å². The maximum atomic E-state index is 12.5. The Bertz CT molecular complexity index is 253. The third kappa shape index (κ3) is 2.45. The van der Waals surface area contributed by atoms with Crippen LogP contribution in [0.3, 0.4) is 0 Å². The van der Waals surface area contributed by atoms with E-state index in [2.05, 4.69) is 11.7 Å². The Balaban J connectivity index is 2.85. The lowest BCUT2D eigenvalue weighted by Gasteiger charge is -2.04. The predicted octanol–water partition coefficient (Wildman–Crippen LogP) is 2.61. The number of hydrogen-bond donors (Lipinski definition) is 0. The Morgan fingerprint density at radius 3 is 2.42 bits per heavy atom. The summed E-state index contributed by atoms with van der Waals surface area (Å²) in [6.45, 7) is 0.446. The van der Waals surface area contributed by atoms with Crippen LogP contribution < -0.4 is 4.74 Å². The van der Waals surface area contributed by atoms with E-state index in [4.69, 9.17) is 0 Å². The van der Waals surface area contributed by atoms with Gasteiger partial charge in [-0.1, -0.05) is 0 Å². The molecular weight excluding hydrogens is 169 g/mol. The lowest BCUT2D eigenvalue weighted by Crippen LogP contribution is -2.02. The minimum Gasteiger partial charge on any atom is -0.435 e. The van der Waals surface area contributed by atoms with Crippen LogP contribution in [-0.4, -0.2) is 6.61 Å². The minimum atomic E-state index is -2.94. The molecule has 0 heterocycles. The van der Waals surface area contributed by atoms with Gasteiger partial charge in [0.1, 0.15) is 11.6 Å². The second kappa shape index (κ2) is 3.47. The normalized spacial score (nSPS) is 10.4. The highest BCUT2D eigenvalue weighted by molar-refractivity contribution is 5.31. The lowest BCUT2D eigenvalue weighted by atomic mass is 10.2. The van der Waals surface area contributed by atoms with E-state index in [1.54, 1.807) is 0 Å². The largest absolute Gasteiger partial charge is 0.435 e. The summed E-state index contributed by atoms with van der Waals surface area (Å²) in [4.78, 5) is 0.